The highest BCUT2D eigenvalue weighted by Gasteiger charge is 2.45. The molecule has 27 heavy (non-hydrogen) atoms. The predicted octanol–water partition coefficient (Wildman–Crippen LogP) is 2.29. The highest BCUT2D eigenvalue weighted by atomic mass is 16.5. The van der Waals surface area contributed by atoms with Gasteiger partial charge in [0.2, 0.25) is 0 Å². The lowest BCUT2D eigenvalue weighted by molar-refractivity contribution is -0.107. The number of ether oxygens (including phenoxy) is 1. The first-order valence-corrected chi connectivity index (χ1v) is 10.1. The van der Waals surface area contributed by atoms with Crippen molar-refractivity contribution >= 4 is 6.03 Å². The molecule has 0 aliphatic carbocycles. The molecule has 2 aliphatic heterocycles. The van der Waals surface area contributed by atoms with E-state index in [2.05, 4.69) is 4.90 Å². The minimum Gasteiger partial charge on any atom is -0.494 e. The summed E-state index contributed by atoms with van der Waals surface area (Å²) in [7, 11) is 3.57. The number of nitrogens with zero attached hydrogens (tertiary/aromatic N) is 3. The lowest BCUT2D eigenvalue weighted by Gasteiger charge is -2.50. The number of fused-ring (bicyclic) bond motifs is 1. The molecule has 2 amide bonds. The van der Waals surface area contributed by atoms with Crippen molar-refractivity contribution in [1.82, 2.24) is 14.7 Å². The Morgan fingerprint density at radius 3 is 2.67 bits per heavy atom. The maximum atomic E-state index is 12.3. The van der Waals surface area contributed by atoms with Crippen LogP contribution in [0.4, 0.5) is 4.79 Å². The van der Waals surface area contributed by atoms with Gasteiger partial charge in [0, 0.05) is 46.2 Å². The van der Waals surface area contributed by atoms with Gasteiger partial charge < -0.3 is 24.5 Å². The molecular formula is C21H33N3O3. The number of hydrogen-bond donors (Lipinski definition) is 1. The van der Waals surface area contributed by atoms with E-state index in [1.165, 1.54) is 0 Å². The summed E-state index contributed by atoms with van der Waals surface area (Å²) in [5, 5.41) is 11.0. The van der Waals surface area contributed by atoms with E-state index in [1.807, 2.05) is 35.2 Å². The van der Waals surface area contributed by atoms with Crippen LogP contribution in [0.1, 0.15) is 25.7 Å². The summed E-state index contributed by atoms with van der Waals surface area (Å²) in [6.07, 6.45) is 3.60. The molecule has 1 aromatic rings. The topological polar surface area (TPSA) is 56.2 Å². The van der Waals surface area contributed by atoms with E-state index in [1.54, 1.807) is 19.0 Å². The van der Waals surface area contributed by atoms with Crippen LogP contribution in [-0.4, -0.2) is 84.9 Å². The number of unbranched alkanes of at least 4 members (excludes halogenated alkanes) is 1. The van der Waals surface area contributed by atoms with Crippen molar-refractivity contribution in [1.29, 1.82) is 0 Å². The first-order valence-electron chi connectivity index (χ1n) is 10.1. The summed E-state index contributed by atoms with van der Waals surface area (Å²) >= 11 is 0. The molecule has 0 saturated carbocycles. The van der Waals surface area contributed by atoms with E-state index in [9.17, 15) is 9.90 Å². The molecule has 1 N–H and O–H groups in total. The van der Waals surface area contributed by atoms with Crippen LogP contribution in [-0.2, 0) is 0 Å². The Kier molecular flexibility index (Phi) is 6.60. The van der Waals surface area contributed by atoms with Crippen LogP contribution in [0.2, 0.25) is 0 Å². The van der Waals surface area contributed by atoms with Crippen LogP contribution >= 0.6 is 0 Å². The van der Waals surface area contributed by atoms with Crippen molar-refractivity contribution in [3.8, 4) is 5.75 Å². The van der Waals surface area contributed by atoms with Gasteiger partial charge in [0.05, 0.1) is 12.2 Å². The Balaban J connectivity index is 1.41. The van der Waals surface area contributed by atoms with Crippen LogP contribution in [0.15, 0.2) is 30.3 Å². The Morgan fingerprint density at radius 1 is 1.19 bits per heavy atom. The summed E-state index contributed by atoms with van der Waals surface area (Å²) in [6, 6.07) is 9.97. The van der Waals surface area contributed by atoms with Gasteiger partial charge in [-0.15, -0.1) is 0 Å². The molecule has 0 unspecified atom stereocenters. The van der Waals surface area contributed by atoms with Gasteiger partial charge in [-0.05, 0) is 44.4 Å². The molecule has 6 nitrogen and oxygen atoms in total. The van der Waals surface area contributed by atoms with Gasteiger partial charge in [-0.1, -0.05) is 18.2 Å². The molecule has 3 rings (SSSR count). The second-order valence-corrected chi connectivity index (χ2v) is 8.09. The monoisotopic (exact) mass is 375 g/mol. The van der Waals surface area contributed by atoms with E-state index in [0.717, 1.165) is 51.3 Å². The fraction of sp³-hybridized carbons (Fsp3) is 0.667. The van der Waals surface area contributed by atoms with Gasteiger partial charge in [-0.2, -0.15) is 0 Å². The Bertz CT molecular complexity index is 610. The molecule has 2 saturated heterocycles. The smallest absolute Gasteiger partial charge is 0.319 e. The van der Waals surface area contributed by atoms with Crippen LogP contribution < -0.4 is 4.74 Å². The fourth-order valence-corrected chi connectivity index (χ4v) is 4.18. The Morgan fingerprint density at radius 2 is 1.93 bits per heavy atom. The molecule has 0 aromatic heterocycles. The molecular weight excluding hydrogens is 342 g/mol. The Hall–Kier alpha value is -1.79. The number of amides is 2. The minimum absolute atomic E-state index is 0.0484. The van der Waals surface area contributed by atoms with Crippen molar-refractivity contribution in [2.75, 3.05) is 53.4 Å². The highest BCUT2D eigenvalue weighted by molar-refractivity contribution is 5.74. The normalized spacial score (nSPS) is 25.7. The largest absolute Gasteiger partial charge is 0.494 e. The zero-order chi connectivity index (χ0) is 19.3. The van der Waals surface area contributed by atoms with Crippen molar-refractivity contribution < 1.29 is 14.6 Å². The van der Waals surface area contributed by atoms with E-state index in [4.69, 9.17) is 4.74 Å². The number of hydrogen-bond acceptors (Lipinski definition) is 4. The summed E-state index contributed by atoms with van der Waals surface area (Å²) in [4.78, 5) is 18.2. The quantitative estimate of drug-likeness (QED) is 0.775. The molecule has 2 aliphatic rings. The molecule has 2 atom stereocenters. The van der Waals surface area contributed by atoms with E-state index in [-0.39, 0.29) is 11.9 Å². The molecule has 6 heteroatoms. The lowest BCUT2D eigenvalue weighted by atomic mass is 9.75. The van der Waals surface area contributed by atoms with E-state index < -0.39 is 5.60 Å². The average Bonchev–Trinajstić information content (AvgIpc) is 2.67. The highest BCUT2D eigenvalue weighted by Crippen LogP contribution is 2.35. The van der Waals surface area contributed by atoms with Crippen molar-refractivity contribution in [2.45, 2.75) is 31.3 Å². The molecule has 2 fully saturated rings. The molecule has 0 bridgehead atoms. The zero-order valence-electron chi connectivity index (χ0n) is 16.6. The number of urea groups is 1. The second kappa shape index (κ2) is 8.93. The summed E-state index contributed by atoms with van der Waals surface area (Å²) in [6.45, 7) is 4.87. The van der Waals surface area contributed by atoms with Crippen LogP contribution in [0.5, 0.6) is 5.75 Å². The minimum atomic E-state index is -0.601. The van der Waals surface area contributed by atoms with Crippen molar-refractivity contribution in [2.24, 2.45) is 5.92 Å². The van der Waals surface area contributed by atoms with Gasteiger partial charge in [0.15, 0.2) is 0 Å². The van der Waals surface area contributed by atoms with Gasteiger partial charge in [-0.25, -0.2) is 4.79 Å². The van der Waals surface area contributed by atoms with Gasteiger partial charge in [-0.3, -0.25) is 0 Å². The lowest BCUT2D eigenvalue weighted by Crippen LogP contribution is -2.61. The van der Waals surface area contributed by atoms with Gasteiger partial charge in [0.25, 0.3) is 0 Å². The first-order chi connectivity index (χ1) is 13.0. The SMILES string of the molecule is CN(C)C(=O)N1CC[C@@]2(O)CCN(CCCCOc3ccccc3)C[C@H]2C1. The number of rotatable bonds is 6. The van der Waals surface area contributed by atoms with Crippen LogP contribution in [0.3, 0.4) is 0 Å². The molecule has 150 valence electrons. The molecule has 0 radical (unpaired) electrons. The standard InChI is InChI=1S/C21H33N3O3/c1-22(2)20(25)24-14-11-21(26)10-13-23(16-18(21)17-24)12-6-7-15-27-19-8-4-3-5-9-19/h3-5,8-9,18,26H,6-7,10-17H2,1-2H3/t18-,21-/m0/s1. The fourth-order valence-electron chi connectivity index (χ4n) is 4.18. The number of para-hydroxylation sites is 1. The second-order valence-electron chi connectivity index (χ2n) is 8.09. The maximum Gasteiger partial charge on any atom is 0.319 e. The number of piperidine rings is 2. The molecule has 2 heterocycles. The third kappa shape index (κ3) is 5.14. The summed E-state index contributed by atoms with van der Waals surface area (Å²) in [5.74, 6) is 1.07. The Labute approximate surface area is 162 Å². The van der Waals surface area contributed by atoms with Crippen LogP contribution in [0, 0.1) is 5.92 Å². The summed E-state index contributed by atoms with van der Waals surface area (Å²) in [5.41, 5.74) is -0.601. The number of aliphatic hydroxyl groups is 1. The van der Waals surface area contributed by atoms with Crippen LogP contribution in [0.25, 0.3) is 0 Å². The third-order valence-corrected chi connectivity index (χ3v) is 5.89. The predicted molar refractivity (Wildman–Crippen MR) is 106 cm³/mol. The number of carbonyl (C=O) groups is 1. The molecule has 1 aromatic carbocycles. The number of carbonyl (C=O) groups excluding carboxylic acids is 1. The zero-order valence-corrected chi connectivity index (χ0v) is 16.6. The average molecular weight is 376 g/mol. The molecule has 0 spiro atoms. The van der Waals surface area contributed by atoms with E-state index >= 15 is 0 Å². The van der Waals surface area contributed by atoms with Gasteiger partial charge in [0.1, 0.15) is 5.75 Å². The first kappa shape index (κ1) is 20.0. The third-order valence-electron chi connectivity index (χ3n) is 5.89. The van der Waals surface area contributed by atoms with Gasteiger partial charge >= 0.3 is 6.03 Å². The summed E-state index contributed by atoms with van der Waals surface area (Å²) < 4.78 is 5.75. The number of benzene rings is 1. The number of likely N-dealkylation sites (tertiary alicyclic amines) is 2. The maximum absolute atomic E-state index is 12.3. The van der Waals surface area contributed by atoms with Crippen molar-refractivity contribution in [3.63, 3.8) is 0 Å². The van der Waals surface area contributed by atoms with E-state index in [0.29, 0.717) is 19.5 Å². The van der Waals surface area contributed by atoms with Crippen molar-refractivity contribution in [3.05, 3.63) is 30.3 Å².